The Hall–Kier alpha value is -1.28. The highest BCUT2D eigenvalue weighted by atomic mass is 32.1. The molecule has 0 bridgehead atoms. The van der Waals surface area contributed by atoms with E-state index in [0.29, 0.717) is 30.2 Å². The topological polar surface area (TPSA) is 76.2 Å². The van der Waals surface area contributed by atoms with Crippen LogP contribution in [0.5, 0.6) is 0 Å². The summed E-state index contributed by atoms with van der Waals surface area (Å²) >= 11 is 1.41. The average Bonchev–Trinajstić information content (AvgIpc) is 3.08. The van der Waals surface area contributed by atoms with Crippen LogP contribution in [0, 0.1) is 0 Å². The molecule has 1 saturated heterocycles. The molecule has 1 unspecified atom stereocenters. The fraction of sp³-hybridized carbons (Fsp3) is 0.538. The molecule has 7 heteroatoms. The van der Waals surface area contributed by atoms with E-state index in [1.54, 1.807) is 7.11 Å². The van der Waals surface area contributed by atoms with Crippen LogP contribution in [0.3, 0.4) is 0 Å². The quantitative estimate of drug-likeness (QED) is 0.856. The molecule has 2 aromatic heterocycles. The van der Waals surface area contributed by atoms with Gasteiger partial charge in [-0.3, -0.25) is 4.79 Å². The van der Waals surface area contributed by atoms with E-state index in [0.717, 1.165) is 18.5 Å². The van der Waals surface area contributed by atoms with Crippen molar-refractivity contribution in [3.8, 4) is 0 Å². The lowest BCUT2D eigenvalue weighted by Gasteiger charge is -2.25. The molecule has 1 aliphatic rings. The predicted molar refractivity (Wildman–Crippen MR) is 77.1 cm³/mol. The van der Waals surface area contributed by atoms with Gasteiger partial charge in [-0.25, -0.2) is 4.98 Å². The minimum atomic E-state index is -0.257. The molecular formula is C13H17N3O3S. The molecule has 0 amide bonds. The number of fused-ring (bicyclic) bond motifs is 1. The van der Waals surface area contributed by atoms with Crippen LogP contribution >= 0.6 is 11.3 Å². The summed E-state index contributed by atoms with van der Waals surface area (Å²) in [5, 5.41) is 5.16. The summed E-state index contributed by atoms with van der Waals surface area (Å²) in [6.45, 7) is 2.51. The minimum Gasteiger partial charge on any atom is -0.378 e. The first kappa shape index (κ1) is 13.7. The Morgan fingerprint density at radius 2 is 2.55 bits per heavy atom. The monoisotopic (exact) mass is 295 g/mol. The molecule has 108 valence electrons. The SMILES string of the molecule is COC1(CNCc2nc3ccsc3c(=O)[nH]2)CCOC1. The Kier molecular flexibility index (Phi) is 3.84. The van der Waals surface area contributed by atoms with E-state index in [1.165, 1.54) is 11.3 Å². The first-order chi connectivity index (χ1) is 9.72. The number of H-pyrrole nitrogens is 1. The molecule has 0 aromatic carbocycles. The van der Waals surface area contributed by atoms with Crippen LogP contribution in [0.2, 0.25) is 0 Å². The van der Waals surface area contributed by atoms with E-state index in [9.17, 15) is 4.79 Å². The van der Waals surface area contributed by atoms with E-state index in [1.807, 2.05) is 11.4 Å². The molecule has 1 fully saturated rings. The third-order valence-corrected chi connectivity index (χ3v) is 4.51. The molecule has 2 aromatic rings. The third kappa shape index (κ3) is 2.62. The van der Waals surface area contributed by atoms with Crippen molar-refractivity contribution in [2.45, 2.75) is 18.6 Å². The van der Waals surface area contributed by atoms with Gasteiger partial charge in [0.05, 0.1) is 18.7 Å². The number of rotatable bonds is 5. The largest absolute Gasteiger partial charge is 0.378 e. The van der Waals surface area contributed by atoms with Gasteiger partial charge in [0.1, 0.15) is 16.1 Å². The third-order valence-electron chi connectivity index (χ3n) is 3.60. The first-order valence-corrected chi connectivity index (χ1v) is 7.40. The number of hydrogen-bond acceptors (Lipinski definition) is 6. The molecule has 3 heterocycles. The standard InChI is InChI=1S/C13H17N3O3S/c1-18-13(3-4-19-8-13)7-14-6-10-15-9-2-5-20-11(9)12(17)16-10/h2,5,14H,3-4,6-8H2,1H3,(H,15,16,17). The summed E-state index contributed by atoms with van der Waals surface area (Å²) < 4.78 is 11.6. The van der Waals surface area contributed by atoms with Gasteiger partial charge < -0.3 is 19.8 Å². The van der Waals surface area contributed by atoms with Crippen molar-refractivity contribution in [1.82, 2.24) is 15.3 Å². The Bertz CT molecular complexity index is 646. The number of nitrogens with zero attached hydrogens (tertiary/aromatic N) is 1. The van der Waals surface area contributed by atoms with Crippen LogP contribution in [0.25, 0.3) is 10.2 Å². The molecule has 0 saturated carbocycles. The highest BCUT2D eigenvalue weighted by Crippen LogP contribution is 2.21. The summed E-state index contributed by atoms with van der Waals surface area (Å²) in [4.78, 5) is 19.1. The van der Waals surface area contributed by atoms with E-state index in [4.69, 9.17) is 9.47 Å². The van der Waals surface area contributed by atoms with Gasteiger partial charge in [-0.15, -0.1) is 11.3 Å². The van der Waals surface area contributed by atoms with E-state index in [2.05, 4.69) is 15.3 Å². The summed E-state index contributed by atoms with van der Waals surface area (Å²) in [6, 6.07) is 1.86. The van der Waals surface area contributed by atoms with Crippen LogP contribution in [-0.4, -0.2) is 42.4 Å². The molecule has 20 heavy (non-hydrogen) atoms. The molecular weight excluding hydrogens is 278 g/mol. The summed E-state index contributed by atoms with van der Waals surface area (Å²) in [6.07, 6.45) is 0.879. The maximum atomic E-state index is 11.8. The molecule has 0 spiro atoms. The van der Waals surface area contributed by atoms with Gasteiger partial charge in [0.15, 0.2) is 0 Å². The number of thiophene rings is 1. The van der Waals surface area contributed by atoms with Crippen LogP contribution in [0.4, 0.5) is 0 Å². The lowest BCUT2D eigenvalue weighted by Crippen LogP contribution is -2.43. The van der Waals surface area contributed by atoms with Crippen molar-refractivity contribution >= 4 is 21.6 Å². The fourth-order valence-electron chi connectivity index (χ4n) is 2.38. The maximum absolute atomic E-state index is 11.8. The zero-order chi connectivity index (χ0) is 14.0. The lowest BCUT2D eigenvalue weighted by molar-refractivity contribution is -0.0160. The van der Waals surface area contributed by atoms with Gasteiger partial charge in [-0.05, 0) is 11.4 Å². The Morgan fingerprint density at radius 3 is 3.30 bits per heavy atom. The van der Waals surface area contributed by atoms with Crippen LogP contribution in [0.1, 0.15) is 12.2 Å². The van der Waals surface area contributed by atoms with E-state index >= 15 is 0 Å². The van der Waals surface area contributed by atoms with Crippen molar-refractivity contribution in [3.63, 3.8) is 0 Å². The maximum Gasteiger partial charge on any atom is 0.268 e. The number of aromatic amines is 1. The Morgan fingerprint density at radius 1 is 1.65 bits per heavy atom. The highest BCUT2D eigenvalue weighted by molar-refractivity contribution is 7.17. The van der Waals surface area contributed by atoms with Crippen molar-refractivity contribution in [1.29, 1.82) is 0 Å². The number of ether oxygens (including phenoxy) is 2. The number of hydrogen-bond donors (Lipinski definition) is 2. The zero-order valence-corrected chi connectivity index (χ0v) is 12.1. The smallest absolute Gasteiger partial charge is 0.268 e. The van der Waals surface area contributed by atoms with Gasteiger partial charge in [-0.2, -0.15) is 0 Å². The average molecular weight is 295 g/mol. The van der Waals surface area contributed by atoms with E-state index < -0.39 is 0 Å². The fourth-order valence-corrected chi connectivity index (χ4v) is 3.10. The van der Waals surface area contributed by atoms with Crippen LogP contribution in [-0.2, 0) is 16.0 Å². The van der Waals surface area contributed by atoms with Gasteiger partial charge in [0, 0.05) is 26.7 Å². The van der Waals surface area contributed by atoms with Gasteiger partial charge in [-0.1, -0.05) is 0 Å². The molecule has 6 nitrogen and oxygen atoms in total. The van der Waals surface area contributed by atoms with Gasteiger partial charge in [0.25, 0.3) is 5.56 Å². The van der Waals surface area contributed by atoms with Crippen molar-refractivity contribution in [3.05, 3.63) is 27.6 Å². The number of nitrogens with one attached hydrogen (secondary N) is 2. The summed E-state index contributed by atoms with van der Waals surface area (Å²) in [5.41, 5.74) is 0.418. The van der Waals surface area contributed by atoms with Crippen molar-refractivity contribution < 1.29 is 9.47 Å². The van der Waals surface area contributed by atoms with E-state index in [-0.39, 0.29) is 11.2 Å². The molecule has 1 atom stereocenters. The summed E-state index contributed by atoms with van der Waals surface area (Å²) in [5.74, 6) is 0.645. The van der Waals surface area contributed by atoms with Crippen LogP contribution < -0.4 is 10.9 Å². The second-order valence-electron chi connectivity index (χ2n) is 4.94. The van der Waals surface area contributed by atoms with Gasteiger partial charge >= 0.3 is 0 Å². The van der Waals surface area contributed by atoms with Crippen LogP contribution in [0.15, 0.2) is 16.2 Å². The first-order valence-electron chi connectivity index (χ1n) is 6.52. The Balaban J connectivity index is 1.66. The number of aromatic nitrogens is 2. The van der Waals surface area contributed by atoms with Gasteiger partial charge in [0.2, 0.25) is 0 Å². The normalized spacial score (nSPS) is 22.6. The molecule has 0 radical (unpaired) electrons. The zero-order valence-electron chi connectivity index (χ0n) is 11.3. The summed E-state index contributed by atoms with van der Waals surface area (Å²) in [7, 11) is 1.70. The lowest BCUT2D eigenvalue weighted by atomic mass is 10.0. The van der Waals surface area contributed by atoms with Crippen molar-refractivity contribution in [2.75, 3.05) is 26.9 Å². The minimum absolute atomic E-state index is 0.0764. The predicted octanol–water partition coefficient (Wildman–Crippen LogP) is 0.880. The molecule has 0 aliphatic carbocycles. The Labute approximate surface area is 120 Å². The second kappa shape index (κ2) is 5.61. The highest BCUT2D eigenvalue weighted by Gasteiger charge is 2.34. The number of methoxy groups -OCH3 is 1. The van der Waals surface area contributed by atoms with Crippen molar-refractivity contribution in [2.24, 2.45) is 0 Å². The molecule has 2 N–H and O–H groups in total. The molecule has 1 aliphatic heterocycles. The molecule has 3 rings (SSSR count). The second-order valence-corrected chi connectivity index (χ2v) is 5.86.